The zero-order chi connectivity index (χ0) is 27.7. The summed E-state index contributed by atoms with van der Waals surface area (Å²) in [5, 5.41) is 3.13. The SMILES string of the molecule is CCCNC(=O)C(Cc1ccccc1)N(Cc1ccc(C)cc1)C(=O)CN(c1ccccc1Cl)S(C)(=O)=O. The van der Waals surface area contributed by atoms with Crippen molar-refractivity contribution in [3.63, 3.8) is 0 Å². The first-order chi connectivity index (χ1) is 18.1. The summed E-state index contributed by atoms with van der Waals surface area (Å²) in [4.78, 5) is 28.9. The summed E-state index contributed by atoms with van der Waals surface area (Å²) in [6, 6.07) is 22.7. The summed E-state index contributed by atoms with van der Waals surface area (Å²) in [7, 11) is -3.87. The van der Waals surface area contributed by atoms with Crippen molar-refractivity contribution in [1.29, 1.82) is 0 Å². The average molecular weight is 556 g/mol. The lowest BCUT2D eigenvalue weighted by Crippen LogP contribution is -2.53. The van der Waals surface area contributed by atoms with Crippen LogP contribution in [0.4, 0.5) is 5.69 Å². The Kier molecular flexibility index (Phi) is 10.3. The van der Waals surface area contributed by atoms with Gasteiger partial charge in [-0.1, -0.05) is 90.8 Å². The normalized spacial score (nSPS) is 12.0. The number of para-hydroxylation sites is 1. The smallest absolute Gasteiger partial charge is 0.244 e. The number of halogens is 1. The Hall–Kier alpha value is -3.36. The van der Waals surface area contributed by atoms with E-state index in [1.165, 1.54) is 4.90 Å². The van der Waals surface area contributed by atoms with E-state index in [0.29, 0.717) is 6.54 Å². The van der Waals surface area contributed by atoms with E-state index in [4.69, 9.17) is 11.6 Å². The Bertz CT molecular complexity index is 1330. The number of anilines is 1. The van der Waals surface area contributed by atoms with Gasteiger partial charge in [-0.25, -0.2) is 8.42 Å². The van der Waals surface area contributed by atoms with Gasteiger partial charge in [-0.05, 0) is 36.6 Å². The molecule has 1 N–H and O–H groups in total. The molecule has 0 aliphatic heterocycles. The third kappa shape index (κ3) is 8.07. The average Bonchev–Trinajstić information content (AvgIpc) is 2.89. The number of hydrogen-bond donors (Lipinski definition) is 1. The minimum atomic E-state index is -3.87. The van der Waals surface area contributed by atoms with E-state index in [1.54, 1.807) is 24.3 Å². The van der Waals surface area contributed by atoms with Crippen LogP contribution in [0.3, 0.4) is 0 Å². The minimum Gasteiger partial charge on any atom is -0.354 e. The predicted octanol–water partition coefficient (Wildman–Crippen LogP) is 4.58. The van der Waals surface area contributed by atoms with E-state index in [2.05, 4.69) is 5.32 Å². The third-order valence-electron chi connectivity index (χ3n) is 6.09. The Morgan fingerprint density at radius 3 is 2.16 bits per heavy atom. The maximum absolute atomic E-state index is 14.0. The van der Waals surface area contributed by atoms with Gasteiger partial charge >= 0.3 is 0 Å². The number of benzene rings is 3. The lowest BCUT2D eigenvalue weighted by Gasteiger charge is -2.33. The number of amides is 2. The van der Waals surface area contributed by atoms with E-state index < -0.39 is 28.5 Å². The largest absolute Gasteiger partial charge is 0.354 e. The molecular formula is C29H34ClN3O4S. The molecule has 38 heavy (non-hydrogen) atoms. The summed E-state index contributed by atoms with van der Waals surface area (Å²) in [6.07, 6.45) is 2.05. The lowest BCUT2D eigenvalue weighted by molar-refractivity contribution is -0.140. The number of nitrogens with one attached hydrogen (secondary N) is 1. The van der Waals surface area contributed by atoms with E-state index >= 15 is 0 Å². The second-order valence-corrected chi connectivity index (χ2v) is 11.5. The Morgan fingerprint density at radius 1 is 0.921 bits per heavy atom. The number of sulfonamides is 1. The van der Waals surface area contributed by atoms with Crippen molar-refractivity contribution in [2.75, 3.05) is 23.7 Å². The van der Waals surface area contributed by atoms with Gasteiger partial charge in [-0.15, -0.1) is 0 Å². The fourth-order valence-electron chi connectivity index (χ4n) is 4.06. The fraction of sp³-hybridized carbons (Fsp3) is 0.310. The van der Waals surface area contributed by atoms with Crippen molar-refractivity contribution in [3.05, 3.63) is 101 Å². The molecule has 0 radical (unpaired) electrons. The molecule has 0 spiro atoms. The van der Waals surface area contributed by atoms with Crippen LogP contribution in [0.1, 0.15) is 30.0 Å². The van der Waals surface area contributed by atoms with Crippen LogP contribution < -0.4 is 9.62 Å². The van der Waals surface area contributed by atoms with Gasteiger partial charge in [-0.3, -0.25) is 13.9 Å². The molecule has 0 saturated carbocycles. The summed E-state index contributed by atoms with van der Waals surface area (Å²) < 4.78 is 26.6. The van der Waals surface area contributed by atoms with Crippen LogP contribution in [0.15, 0.2) is 78.9 Å². The second kappa shape index (κ2) is 13.4. The summed E-state index contributed by atoms with van der Waals surface area (Å²) in [5.74, 6) is -0.802. The van der Waals surface area contributed by atoms with Crippen LogP contribution in [0, 0.1) is 6.92 Å². The van der Waals surface area contributed by atoms with Crippen molar-refractivity contribution < 1.29 is 18.0 Å². The van der Waals surface area contributed by atoms with Gasteiger partial charge in [0.05, 0.1) is 17.0 Å². The highest BCUT2D eigenvalue weighted by Crippen LogP contribution is 2.27. The molecule has 0 saturated heterocycles. The maximum atomic E-state index is 14.0. The van der Waals surface area contributed by atoms with E-state index in [9.17, 15) is 18.0 Å². The fourth-order valence-corrected chi connectivity index (χ4v) is 5.21. The van der Waals surface area contributed by atoms with Gasteiger partial charge in [0.1, 0.15) is 12.6 Å². The highest BCUT2D eigenvalue weighted by Gasteiger charge is 2.33. The molecule has 3 aromatic rings. The predicted molar refractivity (Wildman–Crippen MR) is 153 cm³/mol. The van der Waals surface area contributed by atoms with Crippen molar-refractivity contribution in [1.82, 2.24) is 10.2 Å². The topological polar surface area (TPSA) is 86.8 Å². The van der Waals surface area contributed by atoms with Gasteiger partial charge in [-0.2, -0.15) is 0 Å². The van der Waals surface area contributed by atoms with Gasteiger partial charge in [0.25, 0.3) is 0 Å². The van der Waals surface area contributed by atoms with Gasteiger partial charge < -0.3 is 10.2 Å². The van der Waals surface area contributed by atoms with Crippen LogP contribution in [-0.4, -0.2) is 50.5 Å². The monoisotopic (exact) mass is 555 g/mol. The zero-order valence-electron chi connectivity index (χ0n) is 21.9. The van der Waals surface area contributed by atoms with Crippen LogP contribution in [0.5, 0.6) is 0 Å². The molecule has 1 atom stereocenters. The molecule has 0 heterocycles. The summed E-state index contributed by atoms with van der Waals surface area (Å²) >= 11 is 6.32. The number of aryl methyl sites for hydroxylation is 1. The molecule has 0 aromatic heterocycles. The number of hydrogen-bond acceptors (Lipinski definition) is 4. The van der Waals surface area contributed by atoms with Crippen molar-refractivity contribution in [2.45, 2.75) is 39.3 Å². The van der Waals surface area contributed by atoms with Crippen LogP contribution in [0.2, 0.25) is 5.02 Å². The van der Waals surface area contributed by atoms with E-state index in [-0.39, 0.29) is 29.6 Å². The Balaban J connectivity index is 2.04. The number of rotatable bonds is 12. The molecule has 9 heteroatoms. The first-order valence-electron chi connectivity index (χ1n) is 12.5. The molecule has 0 bridgehead atoms. The van der Waals surface area contributed by atoms with Crippen LogP contribution >= 0.6 is 11.6 Å². The van der Waals surface area contributed by atoms with E-state index in [0.717, 1.165) is 33.7 Å². The van der Waals surface area contributed by atoms with Gasteiger partial charge in [0.2, 0.25) is 21.8 Å². The molecule has 1 unspecified atom stereocenters. The number of carbonyl (C=O) groups excluding carboxylic acids is 2. The Labute approximate surface area is 230 Å². The van der Waals surface area contributed by atoms with E-state index in [1.807, 2.05) is 68.4 Å². The van der Waals surface area contributed by atoms with Gasteiger partial charge in [0, 0.05) is 19.5 Å². The standard InChI is InChI=1S/C29H34ClN3O4S/c1-4-18-31-29(35)27(19-23-10-6-5-7-11-23)32(20-24-16-14-22(2)15-17-24)28(34)21-33(38(3,36)37)26-13-9-8-12-25(26)30/h5-17,27H,4,18-21H2,1-3H3,(H,31,35). The van der Waals surface area contributed by atoms with Crippen molar-refractivity contribution in [2.24, 2.45) is 0 Å². The molecule has 0 aliphatic carbocycles. The molecule has 0 fully saturated rings. The van der Waals surface area contributed by atoms with Gasteiger partial charge in [0.15, 0.2) is 0 Å². The summed E-state index contributed by atoms with van der Waals surface area (Å²) in [5.41, 5.74) is 2.98. The minimum absolute atomic E-state index is 0.135. The summed E-state index contributed by atoms with van der Waals surface area (Å²) in [6.45, 7) is 4.02. The molecule has 0 aliphatic rings. The van der Waals surface area contributed by atoms with Crippen LogP contribution in [-0.2, 0) is 32.6 Å². The lowest BCUT2D eigenvalue weighted by atomic mass is 10.0. The third-order valence-corrected chi connectivity index (χ3v) is 7.54. The maximum Gasteiger partial charge on any atom is 0.244 e. The molecule has 3 aromatic carbocycles. The quantitative estimate of drug-likeness (QED) is 0.354. The van der Waals surface area contributed by atoms with Crippen LogP contribution in [0.25, 0.3) is 0 Å². The zero-order valence-corrected chi connectivity index (χ0v) is 23.5. The van der Waals surface area contributed by atoms with Crippen molar-refractivity contribution in [3.8, 4) is 0 Å². The first kappa shape index (κ1) is 29.2. The molecular weight excluding hydrogens is 522 g/mol. The number of carbonyl (C=O) groups is 2. The Morgan fingerprint density at radius 2 is 1.55 bits per heavy atom. The highest BCUT2D eigenvalue weighted by atomic mass is 35.5. The number of nitrogens with zero attached hydrogens (tertiary/aromatic N) is 2. The highest BCUT2D eigenvalue weighted by molar-refractivity contribution is 7.92. The molecule has 3 rings (SSSR count). The molecule has 7 nitrogen and oxygen atoms in total. The first-order valence-corrected chi connectivity index (χ1v) is 14.7. The molecule has 2 amide bonds. The second-order valence-electron chi connectivity index (χ2n) is 9.22. The van der Waals surface area contributed by atoms with Crippen molar-refractivity contribution >= 4 is 39.1 Å². The molecule has 202 valence electrons.